The molecule has 1 fully saturated rings. The van der Waals surface area contributed by atoms with Crippen LogP contribution in [-0.4, -0.2) is 61.7 Å². The largest absolute Gasteiger partial charge is 0.313 e. The minimum absolute atomic E-state index is 0.487. The first kappa shape index (κ1) is 21.8. The Balaban J connectivity index is 1.72. The van der Waals surface area contributed by atoms with Gasteiger partial charge in [0.2, 0.25) is 0 Å². The molecule has 0 aromatic heterocycles. The molecule has 0 spiro atoms. The normalized spacial score (nSPS) is 26.0. The molecule has 1 saturated carbocycles. The summed E-state index contributed by atoms with van der Waals surface area (Å²) in [6.07, 6.45) is 6.56. The fourth-order valence-corrected chi connectivity index (χ4v) is 5.13. The van der Waals surface area contributed by atoms with Crippen LogP contribution in [0.3, 0.4) is 0 Å². The number of nitrogens with one attached hydrogen (secondary N) is 2. The highest BCUT2D eigenvalue weighted by Gasteiger charge is 2.29. The number of nitrogens with zero attached hydrogens (tertiary/aromatic N) is 2. The average molecular weight is 387 g/mol. The van der Waals surface area contributed by atoms with Crippen molar-refractivity contribution in [2.75, 3.05) is 33.7 Å². The maximum Gasteiger partial charge on any atom is 0.0472 e. The Bertz CT molecular complexity index is 613. The molecule has 1 unspecified atom stereocenters. The molecule has 1 aliphatic carbocycles. The van der Waals surface area contributed by atoms with Crippen LogP contribution in [0.4, 0.5) is 0 Å². The maximum absolute atomic E-state index is 3.73. The summed E-state index contributed by atoms with van der Waals surface area (Å²) >= 11 is 0. The molecular weight excluding hydrogens is 344 g/mol. The summed E-state index contributed by atoms with van der Waals surface area (Å²) in [6, 6.07) is 9.60. The highest BCUT2D eigenvalue weighted by atomic mass is 15.2. The summed E-state index contributed by atoms with van der Waals surface area (Å²) in [5.41, 5.74) is 4.55. The molecule has 158 valence electrons. The zero-order valence-corrected chi connectivity index (χ0v) is 18.8. The van der Waals surface area contributed by atoms with Crippen LogP contribution < -0.4 is 10.6 Å². The first-order valence-corrected chi connectivity index (χ1v) is 11.5. The minimum Gasteiger partial charge on any atom is -0.313 e. The Morgan fingerprint density at radius 3 is 2.75 bits per heavy atom. The van der Waals surface area contributed by atoms with Crippen LogP contribution in [0.2, 0.25) is 0 Å². The van der Waals surface area contributed by atoms with Crippen LogP contribution in [-0.2, 0) is 13.0 Å². The third-order valence-corrected chi connectivity index (χ3v) is 6.75. The first-order chi connectivity index (χ1) is 13.5. The second-order valence-electron chi connectivity index (χ2n) is 9.27. The maximum atomic E-state index is 3.73. The summed E-state index contributed by atoms with van der Waals surface area (Å²) in [4.78, 5) is 5.12. The molecule has 2 N–H and O–H groups in total. The molecular formula is C24H42N4. The van der Waals surface area contributed by atoms with Gasteiger partial charge in [0.15, 0.2) is 0 Å². The van der Waals surface area contributed by atoms with Crippen molar-refractivity contribution in [2.45, 2.75) is 83.6 Å². The average Bonchev–Trinajstić information content (AvgIpc) is 2.67. The van der Waals surface area contributed by atoms with Crippen LogP contribution in [0.5, 0.6) is 0 Å². The molecule has 0 saturated heterocycles. The number of likely N-dealkylation sites (N-methyl/N-ethyl adjacent to an activating group) is 3. The standard InChI is InChI=1S/C24H42N4/c1-6-25-22-9-7-8-10-23(22)28(5)17-19-11-12-20-13-14-27(4)24(21(20)15-19)16-26-18(2)3/h11-12,15,18,22-26H,6-10,13-14,16-17H2,1-5H3/t22-,23-,24?/m1/s1. The molecule has 1 aromatic carbocycles. The lowest BCUT2D eigenvalue weighted by Crippen LogP contribution is -2.50. The Labute approximate surface area is 173 Å². The van der Waals surface area contributed by atoms with E-state index in [1.165, 1.54) is 37.7 Å². The van der Waals surface area contributed by atoms with Gasteiger partial charge in [-0.15, -0.1) is 0 Å². The van der Waals surface area contributed by atoms with Gasteiger partial charge in [-0.2, -0.15) is 0 Å². The van der Waals surface area contributed by atoms with Gasteiger partial charge in [0.1, 0.15) is 0 Å². The number of benzene rings is 1. The van der Waals surface area contributed by atoms with Gasteiger partial charge in [-0.25, -0.2) is 0 Å². The van der Waals surface area contributed by atoms with E-state index in [1.807, 2.05) is 0 Å². The number of fused-ring (bicyclic) bond motifs is 1. The van der Waals surface area contributed by atoms with Crippen molar-refractivity contribution in [3.05, 3.63) is 34.9 Å². The van der Waals surface area contributed by atoms with Gasteiger partial charge in [0.25, 0.3) is 0 Å². The monoisotopic (exact) mass is 386 g/mol. The summed E-state index contributed by atoms with van der Waals surface area (Å²) in [5, 5.41) is 7.39. The number of rotatable bonds is 8. The Hall–Kier alpha value is -0.940. The van der Waals surface area contributed by atoms with Gasteiger partial charge in [-0.3, -0.25) is 9.80 Å². The molecule has 0 bridgehead atoms. The van der Waals surface area contributed by atoms with Crippen LogP contribution in [0.15, 0.2) is 18.2 Å². The molecule has 1 heterocycles. The highest BCUT2D eigenvalue weighted by Crippen LogP contribution is 2.30. The predicted molar refractivity (Wildman–Crippen MR) is 120 cm³/mol. The lowest BCUT2D eigenvalue weighted by atomic mass is 9.88. The van der Waals surface area contributed by atoms with Gasteiger partial charge in [0.05, 0.1) is 0 Å². The molecule has 4 nitrogen and oxygen atoms in total. The quantitative estimate of drug-likeness (QED) is 0.715. The van der Waals surface area contributed by atoms with Crippen LogP contribution in [0.25, 0.3) is 0 Å². The van der Waals surface area contributed by atoms with Crippen LogP contribution in [0, 0.1) is 0 Å². The third-order valence-electron chi connectivity index (χ3n) is 6.75. The van der Waals surface area contributed by atoms with Crippen molar-refractivity contribution in [1.29, 1.82) is 0 Å². The lowest BCUT2D eigenvalue weighted by molar-refractivity contribution is 0.144. The SMILES string of the molecule is CCN[C@@H]1CCCC[C@H]1N(C)Cc1ccc2c(c1)C(CNC(C)C)N(C)CC2. The lowest BCUT2D eigenvalue weighted by Gasteiger charge is -2.39. The van der Waals surface area contributed by atoms with E-state index in [1.54, 1.807) is 11.1 Å². The molecule has 28 heavy (non-hydrogen) atoms. The molecule has 0 radical (unpaired) electrons. The zero-order valence-electron chi connectivity index (χ0n) is 18.8. The topological polar surface area (TPSA) is 30.5 Å². The second-order valence-corrected chi connectivity index (χ2v) is 9.27. The Morgan fingerprint density at radius 1 is 1.21 bits per heavy atom. The molecule has 0 amide bonds. The predicted octanol–water partition coefficient (Wildman–Crippen LogP) is 3.57. The van der Waals surface area contributed by atoms with Gasteiger partial charge < -0.3 is 10.6 Å². The van der Waals surface area contributed by atoms with Crippen LogP contribution >= 0.6 is 0 Å². The highest BCUT2D eigenvalue weighted by molar-refractivity contribution is 5.37. The molecule has 4 heteroatoms. The summed E-state index contributed by atoms with van der Waals surface area (Å²) in [7, 11) is 4.60. The van der Waals surface area contributed by atoms with Gasteiger partial charge in [-0.1, -0.05) is 51.8 Å². The van der Waals surface area contributed by atoms with Gasteiger partial charge in [0, 0.05) is 43.8 Å². The van der Waals surface area contributed by atoms with E-state index in [0.29, 0.717) is 24.2 Å². The van der Waals surface area contributed by atoms with E-state index in [4.69, 9.17) is 0 Å². The molecule has 1 aliphatic heterocycles. The Kier molecular flexibility index (Phi) is 7.93. The van der Waals surface area contributed by atoms with Crippen LogP contribution in [0.1, 0.15) is 69.2 Å². The third kappa shape index (κ3) is 5.35. The summed E-state index contributed by atoms with van der Waals surface area (Å²) < 4.78 is 0. The molecule has 1 aromatic rings. The molecule has 3 atom stereocenters. The number of hydrogen-bond donors (Lipinski definition) is 2. The fourth-order valence-electron chi connectivity index (χ4n) is 5.13. The van der Waals surface area contributed by atoms with Gasteiger partial charge >= 0.3 is 0 Å². The zero-order chi connectivity index (χ0) is 20.1. The van der Waals surface area contributed by atoms with Crippen molar-refractivity contribution < 1.29 is 0 Å². The molecule has 2 aliphatic rings. The molecule has 3 rings (SSSR count). The second kappa shape index (κ2) is 10.2. The fraction of sp³-hybridized carbons (Fsp3) is 0.750. The van der Waals surface area contributed by atoms with E-state index in [0.717, 1.165) is 26.2 Å². The van der Waals surface area contributed by atoms with E-state index in [-0.39, 0.29) is 0 Å². The smallest absolute Gasteiger partial charge is 0.0472 e. The van der Waals surface area contributed by atoms with Crippen molar-refractivity contribution in [2.24, 2.45) is 0 Å². The Morgan fingerprint density at radius 2 is 2.00 bits per heavy atom. The van der Waals surface area contributed by atoms with E-state index in [2.05, 4.69) is 73.5 Å². The van der Waals surface area contributed by atoms with Crippen molar-refractivity contribution in [3.63, 3.8) is 0 Å². The minimum atomic E-state index is 0.487. The van der Waals surface area contributed by atoms with Crippen molar-refractivity contribution >= 4 is 0 Å². The summed E-state index contributed by atoms with van der Waals surface area (Å²) in [5.74, 6) is 0. The summed E-state index contributed by atoms with van der Waals surface area (Å²) in [6.45, 7) is 11.0. The van der Waals surface area contributed by atoms with Gasteiger partial charge in [-0.05, 0) is 56.6 Å². The number of hydrogen-bond acceptors (Lipinski definition) is 4. The van der Waals surface area contributed by atoms with E-state index >= 15 is 0 Å². The van der Waals surface area contributed by atoms with Crippen molar-refractivity contribution in [1.82, 2.24) is 20.4 Å². The van der Waals surface area contributed by atoms with E-state index < -0.39 is 0 Å². The first-order valence-electron chi connectivity index (χ1n) is 11.5. The van der Waals surface area contributed by atoms with Crippen molar-refractivity contribution in [3.8, 4) is 0 Å². The van der Waals surface area contributed by atoms with E-state index in [9.17, 15) is 0 Å².